The normalized spacial score (nSPS) is 13.4. The molecule has 0 amide bonds. The van der Waals surface area contributed by atoms with Crippen molar-refractivity contribution in [2.45, 2.75) is 45.6 Å². The maximum Gasteiger partial charge on any atom is 0.236 e. The number of aromatic nitrogens is 2. The molecule has 0 saturated heterocycles. The molecule has 108 valence electrons. The number of rotatable bonds is 5. The van der Waals surface area contributed by atoms with Gasteiger partial charge in [-0.2, -0.15) is 4.98 Å². The number of hydrogen-bond acceptors (Lipinski definition) is 4. The smallest absolute Gasteiger partial charge is 0.236 e. The number of nitrogens with zero attached hydrogens (tertiary/aromatic N) is 2. The van der Waals surface area contributed by atoms with Crippen molar-refractivity contribution >= 4 is 0 Å². The predicted molar refractivity (Wildman–Crippen MR) is 79.8 cm³/mol. The molecule has 20 heavy (non-hydrogen) atoms. The molecule has 0 aliphatic carbocycles. The van der Waals surface area contributed by atoms with Gasteiger partial charge in [-0.3, -0.25) is 0 Å². The van der Waals surface area contributed by atoms with E-state index in [1.165, 1.54) is 11.1 Å². The maximum atomic E-state index is 5.50. The zero-order valence-electron chi connectivity index (χ0n) is 12.9. The summed E-state index contributed by atoms with van der Waals surface area (Å²) in [7, 11) is 1.93. The molecule has 0 spiro atoms. The first kappa shape index (κ1) is 14.7. The van der Waals surface area contributed by atoms with Crippen molar-refractivity contribution in [2.24, 2.45) is 0 Å². The van der Waals surface area contributed by atoms with Crippen LogP contribution in [0.4, 0.5) is 0 Å². The first-order valence-corrected chi connectivity index (χ1v) is 7.01. The molecule has 1 aromatic heterocycles. The Morgan fingerprint density at radius 2 is 2.00 bits per heavy atom. The molecule has 1 N–H and O–H groups in total. The van der Waals surface area contributed by atoms with Crippen LogP contribution in [-0.2, 0) is 11.8 Å². The summed E-state index contributed by atoms with van der Waals surface area (Å²) in [6, 6.07) is 8.65. The quantitative estimate of drug-likeness (QED) is 0.910. The van der Waals surface area contributed by atoms with Crippen LogP contribution in [0.5, 0.6) is 0 Å². The van der Waals surface area contributed by atoms with Crippen LogP contribution in [0.1, 0.15) is 43.6 Å². The van der Waals surface area contributed by atoms with E-state index in [1.54, 1.807) is 0 Å². The zero-order chi connectivity index (χ0) is 14.8. The van der Waals surface area contributed by atoms with Gasteiger partial charge in [-0.25, -0.2) is 0 Å². The Labute approximate surface area is 120 Å². The van der Waals surface area contributed by atoms with Crippen molar-refractivity contribution in [3.63, 3.8) is 0 Å². The summed E-state index contributed by atoms with van der Waals surface area (Å²) in [4.78, 5) is 4.57. The number of aryl methyl sites for hydroxylation is 1. The molecule has 1 unspecified atom stereocenters. The van der Waals surface area contributed by atoms with E-state index in [2.05, 4.69) is 55.3 Å². The molecule has 1 atom stereocenters. The monoisotopic (exact) mass is 273 g/mol. The molecule has 0 saturated carbocycles. The van der Waals surface area contributed by atoms with Gasteiger partial charge in [0.05, 0.1) is 5.41 Å². The van der Waals surface area contributed by atoms with Crippen LogP contribution >= 0.6 is 0 Å². The standard InChI is InChI=1S/C16H23N3O/c1-11-8-6-7-9-13(11)16(3,4)15-18-14(19-20-15)10-12(2)17-5/h6-9,12,17H,10H2,1-5H3. The third-order valence-electron chi connectivity index (χ3n) is 3.80. The number of nitrogens with one attached hydrogen (secondary N) is 1. The molecule has 2 aromatic rings. The van der Waals surface area contributed by atoms with Crippen molar-refractivity contribution in [3.05, 3.63) is 47.1 Å². The van der Waals surface area contributed by atoms with Gasteiger partial charge < -0.3 is 9.84 Å². The van der Waals surface area contributed by atoms with Crippen LogP contribution in [0.2, 0.25) is 0 Å². The van der Waals surface area contributed by atoms with Gasteiger partial charge >= 0.3 is 0 Å². The Kier molecular flexibility index (Phi) is 4.23. The van der Waals surface area contributed by atoms with E-state index < -0.39 is 0 Å². The second kappa shape index (κ2) is 5.75. The van der Waals surface area contributed by atoms with Gasteiger partial charge in [0.15, 0.2) is 5.82 Å². The lowest BCUT2D eigenvalue weighted by Gasteiger charge is -2.22. The lowest BCUT2D eigenvalue weighted by Crippen LogP contribution is -2.24. The molecule has 0 aliphatic rings. The van der Waals surface area contributed by atoms with Gasteiger partial charge in [0, 0.05) is 12.5 Å². The summed E-state index contributed by atoms with van der Waals surface area (Å²) in [5.41, 5.74) is 2.18. The van der Waals surface area contributed by atoms with Crippen LogP contribution in [0, 0.1) is 6.92 Å². The fourth-order valence-electron chi connectivity index (χ4n) is 2.36. The highest BCUT2D eigenvalue weighted by Gasteiger charge is 2.31. The molecule has 1 aromatic carbocycles. The van der Waals surface area contributed by atoms with E-state index in [-0.39, 0.29) is 5.41 Å². The first-order chi connectivity index (χ1) is 9.45. The van der Waals surface area contributed by atoms with Gasteiger partial charge in [0.25, 0.3) is 0 Å². The van der Waals surface area contributed by atoms with Crippen LogP contribution < -0.4 is 5.32 Å². The van der Waals surface area contributed by atoms with E-state index in [1.807, 2.05) is 19.2 Å². The van der Waals surface area contributed by atoms with Crippen molar-refractivity contribution in [1.82, 2.24) is 15.5 Å². The van der Waals surface area contributed by atoms with Gasteiger partial charge in [-0.05, 0) is 45.9 Å². The van der Waals surface area contributed by atoms with Crippen LogP contribution in [0.15, 0.2) is 28.8 Å². The van der Waals surface area contributed by atoms with E-state index >= 15 is 0 Å². The Bertz CT molecular complexity index is 575. The topological polar surface area (TPSA) is 51.0 Å². The lowest BCUT2D eigenvalue weighted by molar-refractivity contribution is 0.328. The molecule has 4 nitrogen and oxygen atoms in total. The third-order valence-corrected chi connectivity index (χ3v) is 3.80. The maximum absolute atomic E-state index is 5.50. The largest absolute Gasteiger partial charge is 0.338 e. The second-order valence-electron chi connectivity index (χ2n) is 5.85. The zero-order valence-corrected chi connectivity index (χ0v) is 12.9. The van der Waals surface area contributed by atoms with E-state index in [4.69, 9.17) is 4.52 Å². The highest BCUT2D eigenvalue weighted by Crippen LogP contribution is 2.32. The second-order valence-corrected chi connectivity index (χ2v) is 5.85. The minimum Gasteiger partial charge on any atom is -0.338 e. The summed E-state index contributed by atoms with van der Waals surface area (Å²) in [6.45, 7) is 8.45. The Balaban J connectivity index is 2.28. The van der Waals surface area contributed by atoms with E-state index in [0.717, 1.165) is 12.2 Å². The fourth-order valence-corrected chi connectivity index (χ4v) is 2.36. The Hall–Kier alpha value is -1.68. The molecule has 0 bridgehead atoms. The van der Waals surface area contributed by atoms with Crippen molar-refractivity contribution in [1.29, 1.82) is 0 Å². The Morgan fingerprint density at radius 3 is 2.65 bits per heavy atom. The summed E-state index contributed by atoms with van der Waals surface area (Å²) in [5.74, 6) is 1.42. The van der Waals surface area contributed by atoms with Crippen molar-refractivity contribution in [3.8, 4) is 0 Å². The number of hydrogen-bond donors (Lipinski definition) is 1. The lowest BCUT2D eigenvalue weighted by atomic mass is 9.82. The highest BCUT2D eigenvalue weighted by atomic mass is 16.5. The van der Waals surface area contributed by atoms with Gasteiger partial charge in [0.1, 0.15) is 0 Å². The number of likely N-dealkylation sites (N-methyl/N-ethyl adjacent to an activating group) is 1. The first-order valence-electron chi connectivity index (χ1n) is 7.01. The average molecular weight is 273 g/mol. The molecular formula is C16H23N3O. The molecule has 0 aliphatic heterocycles. The highest BCUT2D eigenvalue weighted by molar-refractivity contribution is 5.36. The van der Waals surface area contributed by atoms with Crippen molar-refractivity contribution < 1.29 is 4.52 Å². The van der Waals surface area contributed by atoms with Gasteiger partial charge in [-0.1, -0.05) is 29.4 Å². The minimum atomic E-state index is -0.278. The van der Waals surface area contributed by atoms with Crippen LogP contribution in [0.25, 0.3) is 0 Å². The minimum absolute atomic E-state index is 0.278. The van der Waals surface area contributed by atoms with Gasteiger partial charge in [0.2, 0.25) is 5.89 Å². The van der Waals surface area contributed by atoms with Crippen LogP contribution in [-0.4, -0.2) is 23.2 Å². The summed E-state index contributed by atoms with van der Waals surface area (Å²) >= 11 is 0. The third kappa shape index (κ3) is 2.90. The molecule has 0 radical (unpaired) electrons. The SMILES string of the molecule is CNC(C)Cc1noc(C(C)(C)c2ccccc2C)n1. The predicted octanol–water partition coefficient (Wildman–Crippen LogP) is 2.85. The number of benzene rings is 1. The molecule has 4 heteroatoms. The fraction of sp³-hybridized carbons (Fsp3) is 0.500. The molecule has 2 rings (SSSR count). The summed E-state index contributed by atoms with van der Waals surface area (Å²) in [6.07, 6.45) is 0.768. The van der Waals surface area contributed by atoms with Crippen LogP contribution in [0.3, 0.4) is 0 Å². The summed E-state index contributed by atoms with van der Waals surface area (Å²) < 4.78 is 5.50. The molecule has 1 heterocycles. The van der Waals surface area contributed by atoms with E-state index in [9.17, 15) is 0 Å². The Morgan fingerprint density at radius 1 is 1.30 bits per heavy atom. The summed E-state index contributed by atoms with van der Waals surface area (Å²) in [5, 5.41) is 7.28. The van der Waals surface area contributed by atoms with E-state index in [0.29, 0.717) is 11.9 Å². The molecular weight excluding hydrogens is 250 g/mol. The van der Waals surface area contributed by atoms with Crippen molar-refractivity contribution in [2.75, 3.05) is 7.05 Å². The average Bonchev–Trinajstić information content (AvgIpc) is 2.88. The van der Waals surface area contributed by atoms with Gasteiger partial charge in [-0.15, -0.1) is 0 Å². The molecule has 0 fully saturated rings.